The van der Waals surface area contributed by atoms with Crippen LogP contribution in [0.1, 0.15) is 48.9 Å². The van der Waals surface area contributed by atoms with E-state index in [1.54, 1.807) is 6.92 Å². The topological polar surface area (TPSA) is 61.2 Å². The molecule has 0 radical (unpaired) electrons. The zero-order chi connectivity index (χ0) is 17.4. The van der Waals surface area contributed by atoms with Crippen LogP contribution in [0, 0.1) is 26.7 Å². The van der Waals surface area contributed by atoms with E-state index >= 15 is 0 Å². The normalized spacial score (nSPS) is 21.2. The zero-order valence-electron chi connectivity index (χ0n) is 14.7. The first-order valence-corrected chi connectivity index (χ1v) is 9.35. The minimum atomic E-state index is -0.342. The van der Waals surface area contributed by atoms with Crippen molar-refractivity contribution in [2.75, 3.05) is 0 Å². The van der Waals surface area contributed by atoms with E-state index in [0.29, 0.717) is 17.1 Å². The number of esters is 1. The van der Waals surface area contributed by atoms with Crippen LogP contribution in [0.25, 0.3) is 10.2 Å². The van der Waals surface area contributed by atoms with Gasteiger partial charge in [0.25, 0.3) is 5.56 Å². The molecule has 0 saturated heterocycles. The van der Waals surface area contributed by atoms with Gasteiger partial charge in [-0.2, -0.15) is 0 Å². The summed E-state index contributed by atoms with van der Waals surface area (Å²) in [5, 5.41) is 0.627. The highest BCUT2D eigenvalue weighted by Crippen LogP contribution is 2.27. The van der Waals surface area contributed by atoms with Crippen LogP contribution >= 0.6 is 11.3 Å². The summed E-state index contributed by atoms with van der Waals surface area (Å²) in [5.74, 6) is 0.926. The Morgan fingerprint density at radius 2 is 1.92 bits per heavy atom. The number of ether oxygens (including phenoxy) is 1. The van der Waals surface area contributed by atoms with Crippen molar-refractivity contribution in [1.82, 2.24) is 9.55 Å². The summed E-state index contributed by atoms with van der Waals surface area (Å²) in [5.41, 5.74) is 0.810. The first kappa shape index (κ1) is 17.1. The molecule has 2 aromatic rings. The van der Waals surface area contributed by atoms with Gasteiger partial charge in [-0.25, -0.2) is 4.98 Å². The molecule has 0 atom stereocenters. The summed E-state index contributed by atoms with van der Waals surface area (Å²) in [7, 11) is 0. The van der Waals surface area contributed by atoms with Crippen LogP contribution in [-0.4, -0.2) is 21.6 Å². The second-order valence-electron chi connectivity index (χ2n) is 6.89. The van der Waals surface area contributed by atoms with Gasteiger partial charge >= 0.3 is 5.97 Å². The van der Waals surface area contributed by atoms with E-state index in [1.807, 2.05) is 13.8 Å². The van der Waals surface area contributed by atoms with E-state index in [0.717, 1.165) is 41.0 Å². The monoisotopic (exact) mass is 348 g/mol. The molecule has 130 valence electrons. The number of rotatable bonds is 3. The molecule has 2 heterocycles. The molecular weight excluding hydrogens is 324 g/mol. The van der Waals surface area contributed by atoms with Crippen molar-refractivity contribution in [2.24, 2.45) is 5.92 Å². The lowest BCUT2D eigenvalue weighted by molar-refractivity contribution is -0.151. The molecule has 1 aliphatic carbocycles. The SMILES string of the molecule is Cc1sc2nc(C)n(CC(=O)OC3CCC(C)CC3)c(=O)c2c1C. The van der Waals surface area contributed by atoms with Gasteiger partial charge in [-0.3, -0.25) is 14.2 Å². The molecule has 3 rings (SSSR count). The highest BCUT2D eigenvalue weighted by atomic mass is 32.1. The van der Waals surface area contributed by atoms with E-state index in [2.05, 4.69) is 11.9 Å². The minimum absolute atomic E-state index is 0.00785. The Morgan fingerprint density at radius 1 is 1.25 bits per heavy atom. The smallest absolute Gasteiger partial charge is 0.326 e. The van der Waals surface area contributed by atoms with E-state index in [4.69, 9.17) is 4.74 Å². The molecule has 1 aliphatic rings. The molecule has 0 unspecified atom stereocenters. The molecule has 0 spiro atoms. The summed E-state index contributed by atoms with van der Waals surface area (Å²) in [6, 6.07) is 0. The Morgan fingerprint density at radius 3 is 2.58 bits per heavy atom. The van der Waals surface area contributed by atoms with Crippen LogP contribution in [0.3, 0.4) is 0 Å². The molecule has 0 aromatic carbocycles. The highest BCUT2D eigenvalue weighted by Gasteiger charge is 2.23. The third kappa shape index (κ3) is 3.24. The fourth-order valence-electron chi connectivity index (χ4n) is 3.31. The van der Waals surface area contributed by atoms with Gasteiger partial charge in [0.2, 0.25) is 0 Å². The van der Waals surface area contributed by atoms with E-state index in [-0.39, 0.29) is 24.2 Å². The van der Waals surface area contributed by atoms with Gasteiger partial charge in [-0.1, -0.05) is 6.92 Å². The average Bonchev–Trinajstić information content (AvgIpc) is 2.80. The lowest BCUT2D eigenvalue weighted by atomic mass is 9.89. The Bertz CT molecular complexity index is 829. The number of fused-ring (bicyclic) bond motifs is 1. The van der Waals surface area contributed by atoms with Crippen molar-refractivity contribution in [2.45, 2.75) is 66.0 Å². The number of hydrogen-bond acceptors (Lipinski definition) is 5. The van der Waals surface area contributed by atoms with Crippen molar-refractivity contribution in [3.05, 3.63) is 26.6 Å². The third-order valence-electron chi connectivity index (χ3n) is 5.03. The minimum Gasteiger partial charge on any atom is -0.461 e. The van der Waals surface area contributed by atoms with Gasteiger partial charge in [0.15, 0.2) is 0 Å². The predicted molar refractivity (Wildman–Crippen MR) is 95.6 cm³/mol. The molecule has 24 heavy (non-hydrogen) atoms. The van der Waals surface area contributed by atoms with Crippen molar-refractivity contribution >= 4 is 27.5 Å². The Hall–Kier alpha value is -1.69. The summed E-state index contributed by atoms with van der Waals surface area (Å²) >= 11 is 1.52. The number of nitrogens with zero attached hydrogens (tertiary/aromatic N) is 2. The molecule has 0 bridgehead atoms. The predicted octanol–water partition coefficient (Wildman–Crippen LogP) is 3.51. The number of thiophene rings is 1. The van der Waals surface area contributed by atoms with Gasteiger partial charge in [-0.15, -0.1) is 11.3 Å². The van der Waals surface area contributed by atoms with Crippen LogP contribution in [0.4, 0.5) is 0 Å². The van der Waals surface area contributed by atoms with Crippen LogP contribution in [-0.2, 0) is 16.1 Å². The number of hydrogen-bond donors (Lipinski definition) is 0. The van der Waals surface area contributed by atoms with Crippen LogP contribution in [0.2, 0.25) is 0 Å². The van der Waals surface area contributed by atoms with Crippen molar-refractivity contribution < 1.29 is 9.53 Å². The maximum Gasteiger partial charge on any atom is 0.326 e. The second-order valence-corrected chi connectivity index (χ2v) is 8.09. The van der Waals surface area contributed by atoms with E-state index < -0.39 is 0 Å². The summed E-state index contributed by atoms with van der Waals surface area (Å²) < 4.78 is 7.02. The van der Waals surface area contributed by atoms with Crippen LogP contribution < -0.4 is 5.56 Å². The lowest BCUT2D eigenvalue weighted by Crippen LogP contribution is -2.31. The molecule has 0 aliphatic heterocycles. The Balaban J connectivity index is 1.81. The summed E-state index contributed by atoms with van der Waals surface area (Å²) in [6.07, 6.45) is 4.02. The molecule has 2 aromatic heterocycles. The number of aromatic nitrogens is 2. The number of carbonyl (C=O) groups excluding carboxylic acids is 1. The Kier molecular flexibility index (Phi) is 4.76. The van der Waals surface area contributed by atoms with Gasteiger partial charge in [-0.05, 0) is 57.9 Å². The number of aryl methyl sites for hydroxylation is 3. The maximum absolute atomic E-state index is 12.8. The van der Waals surface area contributed by atoms with Crippen LogP contribution in [0.5, 0.6) is 0 Å². The van der Waals surface area contributed by atoms with Crippen LogP contribution in [0.15, 0.2) is 4.79 Å². The standard InChI is InChI=1S/C18H24N2O3S/c1-10-5-7-14(8-6-10)23-15(21)9-20-13(4)19-17-16(18(20)22)11(2)12(3)24-17/h10,14H,5-9H2,1-4H3. The fourth-order valence-corrected chi connectivity index (χ4v) is 4.38. The molecule has 5 nitrogen and oxygen atoms in total. The van der Waals surface area contributed by atoms with Gasteiger partial charge in [0, 0.05) is 4.88 Å². The third-order valence-corrected chi connectivity index (χ3v) is 6.13. The first-order valence-electron chi connectivity index (χ1n) is 8.53. The number of carbonyl (C=O) groups is 1. The van der Waals surface area contributed by atoms with E-state index in [9.17, 15) is 9.59 Å². The largest absolute Gasteiger partial charge is 0.461 e. The van der Waals surface area contributed by atoms with E-state index in [1.165, 1.54) is 15.9 Å². The van der Waals surface area contributed by atoms with Crippen molar-refractivity contribution in [3.8, 4) is 0 Å². The molecule has 1 saturated carbocycles. The average molecular weight is 348 g/mol. The molecule has 0 amide bonds. The maximum atomic E-state index is 12.8. The summed E-state index contributed by atoms with van der Waals surface area (Å²) in [6.45, 7) is 7.85. The lowest BCUT2D eigenvalue weighted by Gasteiger charge is -2.26. The molecule has 1 fully saturated rings. The van der Waals surface area contributed by atoms with Crippen molar-refractivity contribution in [3.63, 3.8) is 0 Å². The van der Waals surface area contributed by atoms with Gasteiger partial charge < -0.3 is 4.74 Å². The quantitative estimate of drug-likeness (QED) is 0.797. The highest BCUT2D eigenvalue weighted by molar-refractivity contribution is 7.18. The van der Waals surface area contributed by atoms with Gasteiger partial charge in [0.1, 0.15) is 23.3 Å². The zero-order valence-corrected chi connectivity index (χ0v) is 15.5. The molecular formula is C18H24N2O3S. The first-order chi connectivity index (χ1) is 11.4. The Labute approximate surface area is 145 Å². The molecule has 0 N–H and O–H groups in total. The second kappa shape index (κ2) is 6.67. The van der Waals surface area contributed by atoms with Crippen molar-refractivity contribution in [1.29, 1.82) is 0 Å². The summed E-state index contributed by atoms with van der Waals surface area (Å²) in [4.78, 5) is 31.4. The fraction of sp³-hybridized carbons (Fsp3) is 0.611. The molecule has 6 heteroatoms. The van der Waals surface area contributed by atoms with Gasteiger partial charge in [0.05, 0.1) is 5.39 Å².